The van der Waals surface area contributed by atoms with E-state index >= 15 is 0 Å². The average Bonchev–Trinajstić information content (AvgIpc) is 2.32. The van der Waals surface area contributed by atoms with Crippen LogP contribution in [-0.4, -0.2) is 5.71 Å². The fourth-order valence-electron chi connectivity index (χ4n) is 1.14. The summed E-state index contributed by atoms with van der Waals surface area (Å²) in [7, 11) is 0. The zero-order valence-corrected chi connectivity index (χ0v) is 10.4. The first-order valence-electron chi connectivity index (χ1n) is 4.46. The molecule has 0 amide bonds. The van der Waals surface area contributed by atoms with E-state index in [0.717, 1.165) is 5.56 Å². The third-order valence-corrected chi connectivity index (χ3v) is 2.53. The van der Waals surface area contributed by atoms with Crippen LogP contribution in [0, 0.1) is 40.9 Å². The van der Waals surface area contributed by atoms with Crippen molar-refractivity contribution in [3.05, 3.63) is 27.7 Å². The van der Waals surface area contributed by atoms with E-state index in [9.17, 15) is 0 Å². The minimum absolute atomic E-state index is 0.263. The molecule has 1 N–H and O–H groups in total. The van der Waals surface area contributed by atoms with Crippen molar-refractivity contribution in [3.63, 3.8) is 0 Å². The Balaban J connectivity index is 3.11. The number of nitrogens with one attached hydrogen (secondary N) is 1. The lowest BCUT2D eigenvalue weighted by Gasteiger charge is -2.07. The van der Waals surface area contributed by atoms with Gasteiger partial charge in [-0.2, -0.15) is 20.9 Å². The highest BCUT2D eigenvalue weighted by molar-refractivity contribution is 9.10. The lowest BCUT2D eigenvalue weighted by Crippen LogP contribution is -1.99. The van der Waals surface area contributed by atoms with Crippen molar-refractivity contribution in [3.8, 4) is 18.2 Å². The quantitative estimate of drug-likeness (QED) is 0.667. The van der Waals surface area contributed by atoms with Gasteiger partial charge < -0.3 is 0 Å². The van der Waals surface area contributed by atoms with Gasteiger partial charge in [0, 0.05) is 4.47 Å². The molecular formula is C11H6BrN5. The Morgan fingerprint density at radius 3 is 2.41 bits per heavy atom. The average molecular weight is 288 g/mol. The Bertz CT molecular complexity index is 559. The zero-order chi connectivity index (χ0) is 12.8. The van der Waals surface area contributed by atoms with Crippen LogP contribution in [0.25, 0.3) is 0 Å². The molecule has 0 aliphatic rings. The summed E-state index contributed by atoms with van der Waals surface area (Å²) < 4.78 is 0.646. The van der Waals surface area contributed by atoms with Crippen molar-refractivity contribution in [2.24, 2.45) is 5.10 Å². The molecule has 1 rings (SSSR count). The molecule has 0 aromatic heterocycles. The van der Waals surface area contributed by atoms with Crippen molar-refractivity contribution >= 4 is 27.3 Å². The molecule has 0 heterocycles. The molecule has 0 bridgehead atoms. The molecule has 0 radical (unpaired) electrons. The van der Waals surface area contributed by atoms with Gasteiger partial charge in [-0.05, 0) is 40.5 Å². The van der Waals surface area contributed by atoms with Crippen LogP contribution in [0.2, 0.25) is 0 Å². The highest BCUT2D eigenvalue weighted by Gasteiger charge is 2.06. The minimum atomic E-state index is -0.263. The number of rotatable bonds is 2. The molecule has 0 fully saturated rings. The third kappa shape index (κ3) is 3.04. The number of hydrazone groups is 1. The molecule has 0 saturated carbocycles. The maximum Gasteiger partial charge on any atom is 0.237 e. The molecule has 17 heavy (non-hydrogen) atoms. The van der Waals surface area contributed by atoms with Crippen LogP contribution in [0.1, 0.15) is 11.1 Å². The predicted molar refractivity (Wildman–Crippen MR) is 65.9 cm³/mol. The Kier molecular flexibility index (Phi) is 4.22. The topological polar surface area (TPSA) is 95.8 Å². The van der Waals surface area contributed by atoms with E-state index in [4.69, 9.17) is 15.8 Å². The number of hydrogen-bond acceptors (Lipinski definition) is 5. The molecule has 1 aromatic rings. The van der Waals surface area contributed by atoms with Gasteiger partial charge in [0.05, 0.1) is 17.3 Å². The molecule has 0 aliphatic heterocycles. The Morgan fingerprint density at radius 1 is 1.29 bits per heavy atom. The zero-order valence-electron chi connectivity index (χ0n) is 8.82. The lowest BCUT2D eigenvalue weighted by molar-refractivity contribution is 1.28. The van der Waals surface area contributed by atoms with Gasteiger partial charge in [-0.1, -0.05) is 0 Å². The first kappa shape index (κ1) is 12.7. The van der Waals surface area contributed by atoms with Crippen molar-refractivity contribution in [1.82, 2.24) is 0 Å². The molecule has 82 valence electrons. The molecule has 0 saturated heterocycles. The second-order valence-corrected chi connectivity index (χ2v) is 3.91. The number of nitrogens with zero attached hydrogens (tertiary/aromatic N) is 4. The molecule has 1 aromatic carbocycles. The number of aryl methyl sites for hydroxylation is 1. The van der Waals surface area contributed by atoms with E-state index in [0.29, 0.717) is 15.7 Å². The van der Waals surface area contributed by atoms with Gasteiger partial charge in [0.2, 0.25) is 5.71 Å². The molecule has 0 spiro atoms. The van der Waals surface area contributed by atoms with Crippen molar-refractivity contribution < 1.29 is 0 Å². The maximum absolute atomic E-state index is 8.77. The number of nitriles is 3. The fourth-order valence-corrected chi connectivity index (χ4v) is 1.79. The van der Waals surface area contributed by atoms with E-state index < -0.39 is 0 Å². The van der Waals surface area contributed by atoms with Crippen LogP contribution in [0.15, 0.2) is 21.7 Å². The highest BCUT2D eigenvalue weighted by atomic mass is 79.9. The molecule has 0 unspecified atom stereocenters. The fraction of sp³-hybridized carbons (Fsp3) is 0.0909. The number of anilines is 1. The van der Waals surface area contributed by atoms with E-state index in [-0.39, 0.29) is 5.71 Å². The molecule has 6 heteroatoms. The van der Waals surface area contributed by atoms with Gasteiger partial charge in [-0.15, -0.1) is 0 Å². The molecular weight excluding hydrogens is 282 g/mol. The summed E-state index contributed by atoms with van der Waals surface area (Å²) in [6, 6.07) is 8.62. The van der Waals surface area contributed by atoms with E-state index in [1.807, 2.05) is 6.07 Å². The smallest absolute Gasteiger partial charge is 0.237 e. The summed E-state index contributed by atoms with van der Waals surface area (Å²) in [5.41, 5.74) is 4.28. The second kappa shape index (κ2) is 5.65. The summed E-state index contributed by atoms with van der Waals surface area (Å²) in [5.74, 6) is 0. The van der Waals surface area contributed by atoms with Crippen LogP contribution in [0.4, 0.5) is 5.69 Å². The predicted octanol–water partition coefficient (Wildman–Crippen LogP) is 2.44. The Hall–Kier alpha value is -2.36. The Labute approximate surface area is 107 Å². The number of benzene rings is 1. The normalized spacial score (nSPS) is 8.41. The van der Waals surface area contributed by atoms with E-state index in [2.05, 4.69) is 26.5 Å². The van der Waals surface area contributed by atoms with Crippen LogP contribution in [0.3, 0.4) is 0 Å². The van der Waals surface area contributed by atoms with Gasteiger partial charge >= 0.3 is 0 Å². The third-order valence-electron chi connectivity index (χ3n) is 1.91. The minimum Gasteiger partial charge on any atom is -0.275 e. The van der Waals surface area contributed by atoms with Crippen molar-refractivity contribution in [2.45, 2.75) is 6.92 Å². The standard InChI is InChI=1S/C11H6BrN5/c1-7-2-8(4-13)3-10(12)11(7)17-16-9(5-14)6-15/h2-3,17H,1H3. The van der Waals surface area contributed by atoms with Crippen LogP contribution >= 0.6 is 15.9 Å². The molecule has 0 atom stereocenters. The van der Waals surface area contributed by atoms with Crippen LogP contribution in [0.5, 0.6) is 0 Å². The van der Waals surface area contributed by atoms with Gasteiger partial charge in [0.25, 0.3) is 0 Å². The van der Waals surface area contributed by atoms with Gasteiger partial charge in [0.1, 0.15) is 12.1 Å². The van der Waals surface area contributed by atoms with Crippen LogP contribution < -0.4 is 5.43 Å². The van der Waals surface area contributed by atoms with Crippen molar-refractivity contribution in [2.75, 3.05) is 5.43 Å². The van der Waals surface area contributed by atoms with Crippen molar-refractivity contribution in [1.29, 1.82) is 15.8 Å². The SMILES string of the molecule is Cc1cc(C#N)cc(Br)c1NN=C(C#N)C#N. The first-order chi connectivity index (χ1) is 8.12. The highest BCUT2D eigenvalue weighted by Crippen LogP contribution is 2.27. The monoisotopic (exact) mass is 287 g/mol. The molecule has 0 aliphatic carbocycles. The summed E-state index contributed by atoms with van der Waals surface area (Å²) in [5, 5.41) is 29.5. The largest absolute Gasteiger partial charge is 0.275 e. The van der Waals surface area contributed by atoms with E-state index in [1.165, 1.54) is 0 Å². The lowest BCUT2D eigenvalue weighted by atomic mass is 10.1. The second-order valence-electron chi connectivity index (χ2n) is 3.06. The number of halogens is 1. The van der Waals surface area contributed by atoms with Gasteiger partial charge in [0.15, 0.2) is 0 Å². The summed E-state index contributed by atoms with van der Waals surface area (Å²) in [6.07, 6.45) is 0. The number of hydrogen-bond donors (Lipinski definition) is 1. The Morgan fingerprint density at radius 2 is 1.94 bits per heavy atom. The summed E-state index contributed by atoms with van der Waals surface area (Å²) in [6.45, 7) is 1.79. The van der Waals surface area contributed by atoms with Gasteiger partial charge in [-0.25, -0.2) is 0 Å². The first-order valence-corrected chi connectivity index (χ1v) is 5.25. The van der Waals surface area contributed by atoms with E-state index in [1.54, 1.807) is 31.2 Å². The summed E-state index contributed by atoms with van der Waals surface area (Å²) >= 11 is 3.28. The van der Waals surface area contributed by atoms with Crippen LogP contribution in [-0.2, 0) is 0 Å². The maximum atomic E-state index is 8.77. The van der Waals surface area contributed by atoms with Gasteiger partial charge in [-0.3, -0.25) is 5.43 Å². The summed E-state index contributed by atoms with van der Waals surface area (Å²) in [4.78, 5) is 0. The molecule has 5 nitrogen and oxygen atoms in total.